The smallest absolute Gasteiger partial charge is 0.423 e. The zero-order chi connectivity index (χ0) is 18.0. The van der Waals surface area contributed by atoms with Gasteiger partial charge < -0.3 is 10.1 Å². The Bertz CT molecular complexity index is 720. The number of aromatic nitrogens is 2. The third kappa shape index (κ3) is 4.98. The van der Waals surface area contributed by atoms with Gasteiger partial charge in [0.25, 0.3) is 0 Å². The third-order valence-electron chi connectivity index (χ3n) is 2.55. The maximum atomic E-state index is 12.8. The molecule has 0 saturated carbocycles. The molecule has 0 bridgehead atoms. The number of rotatable bonds is 4. The number of nitrogens with zero attached hydrogens (tertiary/aromatic N) is 2. The molecule has 130 valence electrons. The van der Waals surface area contributed by atoms with Gasteiger partial charge in [0.15, 0.2) is 6.61 Å². The molecule has 0 spiro atoms. The molecule has 24 heavy (non-hydrogen) atoms. The maximum Gasteiger partial charge on any atom is 0.423 e. The minimum absolute atomic E-state index is 0.341. The Morgan fingerprint density at radius 2 is 1.75 bits per heavy atom. The van der Waals surface area contributed by atoms with Crippen LogP contribution in [0.4, 0.5) is 38.0 Å². The molecule has 1 aromatic heterocycles. The Hall–Kier alpha value is -2.04. The van der Waals surface area contributed by atoms with Crippen LogP contribution in [0.1, 0.15) is 5.56 Å². The lowest BCUT2D eigenvalue weighted by Crippen LogP contribution is -2.22. The number of anilines is 2. The quantitative estimate of drug-likeness (QED) is 0.718. The van der Waals surface area contributed by atoms with Crippen LogP contribution in [-0.4, -0.2) is 22.8 Å². The molecule has 2 aromatic rings. The Balaban J connectivity index is 2.33. The number of nitrogens with one attached hydrogen (secondary N) is 1. The molecule has 2 rings (SSSR count). The second-order valence-electron chi connectivity index (χ2n) is 4.42. The Morgan fingerprint density at radius 1 is 1.08 bits per heavy atom. The number of hydrogen-bond donors (Lipinski definition) is 1. The average Bonchev–Trinajstić information content (AvgIpc) is 2.46. The van der Waals surface area contributed by atoms with E-state index < -0.39 is 30.4 Å². The number of benzene rings is 1. The summed E-state index contributed by atoms with van der Waals surface area (Å²) in [5, 5.41) is 2.59. The SMILES string of the molecule is FC(F)(F)COc1nc(Nc2ccccc2Br)ncc1C(F)(F)F. The first kappa shape index (κ1) is 18.3. The van der Waals surface area contributed by atoms with Gasteiger partial charge >= 0.3 is 12.4 Å². The van der Waals surface area contributed by atoms with Gasteiger partial charge in [-0.2, -0.15) is 31.3 Å². The van der Waals surface area contributed by atoms with Gasteiger partial charge in [-0.15, -0.1) is 0 Å². The molecule has 0 aliphatic heterocycles. The van der Waals surface area contributed by atoms with Crippen LogP contribution in [0.15, 0.2) is 34.9 Å². The van der Waals surface area contributed by atoms with Gasteiger partial charge in [-0.3, -0.25) is 0 Å². The van der Waals surface area contributed by atoms with Crippen LogP contribution >= 0.6 is 15.9 Å². The Kier molecular flexibility index (Phi) is 5.21. The van der Waals surface area contributed by atoms with E-state index in [-0.39, 0.29) is 5.95 Å². The number of ether oxygens (including phenoxy) is 1. The van der Waals surface area contributed by atoms with Crippen LogP contribution in [0.25, 0.3) is 0 Å². The summed E-state index contributed by atoms with van der Waals surface area (Å²) in [6.07, 6.45) is -9.39. The summed E-state index contributed by atoms with van der Waals surface area (Å²) in [4.78, 5) is 6.86. The van der Waals surface area contributed by atoms with Crippen molar-refractivity contribution in [3.05, 3.63) is 40.5 Å². The zero-order valence-electron chi connectivity index (χ0n) is 11.5. The summed E-state index contributed by atoms with van der Waals surface area (Å²) in [5.41, 5.74) is -1.08. The van der Waals surface area contributed by atoms with E-state index in [1.165, 1.54) is 0 Å². The van der Waals surface area contributed by atoms with Gasteiger partial charge in [0.05, 0.1) is 5.69 Å². The first-order valence-electron chi connectivity index (χ1n) is 6.21. The molecular formula is C13H8BrF6N3O. The van der Waals surface area contributed by atoms with Crippen molar-refractivity contribution in [3.8, 4) is 5.88 Å². The van der Waals surface area contributed by atoms with Crippen LogP contribution < -0.4 is 10.1 Å². The van der Waals surface area contributed by atoms with Crippen molar-refractivity contribution in [2.75, 3.05) is 11.9 Å². The van der Waals surface area contributed by atoms with E-state index in [2.05, 4.69) is 36.0 Å². The third-order valence-corrected chi connectivity index (χ3v) is 3.24. The second kappa shape index (κ2) is 6.83. The highest BCUT2D eigenvalue weighted by atomic mass is 79.9. The Labute approximate surface area is 140 Å². The molecule has 1 heterocycles. The van der Waals surface area contributed by atoms with Crippen LogP contribution in [0.2, 0.25) is 0 Å². The predicted molar refractivity (Wildman–Crippen MR) is 76.0 cm³/mol. The van der Waals surface area contributed by atoms with Crippen molar-refractivity contribution in [2.45, 2.75) is 12.4 Å². The van der Waals surface area contributed by atoms with Gasteiger partial charge in [0.1, 0.15) is 5.56 Å². The molecule has 1 N–H and O–H groups in total. The van der Waals surface area contributed by atoms with Crippen LogP contribution in [-0.2, 0) is 6.18 Å². The van der Waals surface area contributed by atoms with Gasteiger partial charge in [-0.1, -0.05) is 12.1 Å². The molecule has 0 aliphatic carbocycles. The van der Waals surface area contributed by atoms with Crippen molar-refractivity contribution >= 4 is 27.6 Å². The minimum Gasteiger partial charge on any atom is -0.467 e. The lowest BCUT2D eigenvalue weighted by Gasteiger charge is -2.15. The average molecular weight is 416 g/mol. The van der Waals surface area contributed by atoms with Gasteiger partial charge in [0, 0.05) is 10.7 Å². The van der Waals surface area contributed by atoms with E-state index in [1.807, 2.05) is 0 Å². The van der Waals surface area contributed by atoms with Crippen molar-refractivity contribution in [2.24, 2.45) is 0 Å². The molecule has 0 radical (unpaired) electrons. The molecule has 1 aromatic carbocycles. The number of para-hydroxylation sites is 1. The van der Waals surface area contributed by atoms with E-state index in [9.17, 15) is 26.3 Å². The van der Waals surface area contributed by atoms with E-state index in [0.29, 0.717) is 16.4 Å². The summed E-state index contributed by atoms with van der Waals surface area (Å²) in [5.74, 6) is -1.54. The standard InChI is InChI=1S/C13H8BrF6N3O/c14-8-3-1-2-4-9(8)22-11-21-5-7(13(18,19)20)10(23-11)24-6-12(15,16)17/h1-5H,6H2,(H,21,22,23). The van der Waals surface area contributed by atoms with E-state index in [1.54, 1.807) is 24.3 Å². The van der Waals surface area contributed by atoms with Crippen molar-refractivity contribution in [1.29, 1.82) is 0 Å². The second-order valence-corrected chi connectivity index (χ2v) is 5.27. The molecule has 4 nitrogen and oxygen atoms in total. The van der Waals surface area contributed by atoms with E-state index >= 15 is 0 Å². The normalized spacial score (nSPS) is 12.1. The minimum atomic E-state index is -4.95. The highest BCUT2D eigenvalue weighted by Crippen LogP contribution is 2.36. The number of alkyl halides is 6. The maximum absolute atomic E-state index is 12.8. The van der Waals surface area contributed by atoms with Crippen LogP contribution in [0.3, 0.4) is 0 Å². The number of hydrogen-bond acceptors (Lipinski definition) is 4. The van der Waals surface area contributed by atoms with Crippen molar-refractivity contribution in [1.82, 2.24) is 9.97 Å². The lowest BCUT2D eigenvalue weighted by molar-refractivity contribution is -0.159. The number of halogens is 7. The fourth-order valence-electron chi connectivity index (χ4n) is 1.56. The van der Waals surface area contributed by atoms with E-state index in [0.717, 1.165) is 0 Å². The molecule has 0 fully saturated rings. The van der Waals surface area contributed by atoms with Gasteiger partial charge in [0.2, 0.25) is 11.8 Å². The Morgan fingerprint density at radius 3 is 2.33 bits per heavy atom. The predicted octanol–water partition coefficient (Wildman–Crippen LogP) is 4.94. The summed E-state index contributed by atoms with van der Waals surface area (Å²) in [7, 11) is 0. The first-order chi connectivity index (χ1) is 11.1. The monoisotopic (exact) mass is 415 g/mol. The first-order valence-corrected chi connectivity index (χ1v) is 7.01. The lowest BCUT2D eigenvalue weighted by atomic mass is 10.3. The largest absolute Gasteiger partial charge is 0.467 e. The summed E-state index contributed by atoms with van der Waals surface area (Å²) in [6.45, 7) is -1.90. The molecule has 0 aliphatic rings. The van der Waals surface area contributed by atoms with Crippen LogP contribution in [0, 0.1) is 0 Å². The summed E-state index contributed by atoms with van der Waals surface area (Å²) in [6, 6.07) is 6.55. The molecular weight excluding hydrogens is 408 g/mol. The highest BCUT2D eigenvalue weighted by Gasteiger charge is 2.38. The summed E-state index contributed by atoms with van der Waals surface area (Å²) < 4.78 is 79.8. The topological polar surface area (TPSA) is 47.0 Å². The van der Waals surface area contributed by atoms with Crippen molar-refractivity contribution < 1.29 is 31.1 Å². The van der Waals surface area contributed by atoms with Crippen LogP contribution in [0.5, 0.6) is 5.88 Å². The summed E-state index contributed by atoms with van der Waals surface area (Å²) >= 11 is 3.20. The van der Waals surface area contributed by atoms with Gasteiger partial charge in [-0.05, 0) is 28.1 Å². The van der Waals surface area contributed by atoms with Gasteiger partial charge in [-0.25, -0.2) is 4.98 Å². The molecule has 0 saturated heterocycles. The molecule has 0 atom stereocenters. The fraction of sp³-hybridized carbons (Fsp3) is 0.231. The fourth-order valence-corrected chi connectivity index (χ4v) is 1.95. The molecule has 11 heteroatoms. The zero-order valence-corrected chi connectivity index (χ0v) is 13.1. The highest BCUT2D eigenvalue weighted by molar-refractivity contribution is 9.10. The molecule has 0 unspecified atom stereocenters. The van der Waals surface area contributed by atoms with Crippen molar-refractivity contribution in [3.63, 3.8) is 0 Å². The van der Waals surface area contributed by atoms with E-state index in [4.69, 9.17) is 0 Å². The molecule has 0 amide bonds.